The second kappa shape index (κ2) is 7.90. The van der Waals surface area contributed by atoms with Crippen LogP contribution in [0.3, 0.4) is 0 Å². The number of benzene rings is 1. The number of ether oxygens (including phenoxy) is 1. The SMILES string of the molecule is Cl.c1cc(C2CCCCC2)ccc1OCC1CCNC1. The summed E-state index contributed by atoms with van der Waals surface area (Å²) in [6.07, 6.45) is 8.21. The first-order chi connectivity index (χ1) is 9.42. The molecule has 1 aliphatic carbocycles. The molecule has 3 rings (SSSR count). The van der Waals surface area contributed by atoms with Gasteiger partial charge in [0.15, 0.2) is 0 Å². The van der Waals surface area contributed by atoms with Crippen LogP contribution in [0.25, 0.3) is 0 Å². The van der Waals surface area contributed by atoms with E-state index in [1.165, 1.54) is 44.1 Å². The molecule has 1 saturated heterocycles. The van der Waals surface area contributed by atoms with Crippen molar-refractivity contribution in [1.82, 2.24) is 5.32 Å². The second-order valence-corrected chi connectivity index (χ2v) is 6.07. The summed E-state index contributed by atoms with van der Waals surface area (Å²) in [6, 6.07) is 8.87. The number of halogens is 1. The largest absolute Gasteiger partial charge is 0.493 e. The molecular formula is C17H26ClNO. The summed E-state index contributed by atoms with van der Waals surface area (Å²) in [5.41, 5.74) is 1.51. The van der Waals surface area contributed by atoms with E-state index in [1.54, 1.807) is 0 Å². The van der Waals surface area contributed by atoms with Gasteiger partial charge in [-0.05, 0) is 49.4 Å². The van der Waals surface area contributed by atoms with Crippen molar-refractivity contribution in [2.75, 3.05) is 19.7 Å². The Kier molecular flexibility index (Phi) is 6.18. The van der Waals surface area contributed by atoms with Gasteiger partial charge in [-0.1, -0.05) is 31.4 Å². The van der Waals surface area contributed by atoms with Crippen LogP contribution in [0.1, 0.15) is 50.0 Å². The molecule has 1 heterocycles. The lowest BCUT2D eigenvalue weighted by molar-refractivity contribution is 0.260. The predicted molar refractivity (Wildman–Crippen MR) is 86.0 cm³/mol. The summed E-state index contributed by atoms with van der Waals surface area (Å²) in [4.78, 5) is 0. The molecule has 2 aliphatic rings. The van der Waals surface area contributed by atoms with Crippen LogP contribution in [0, 0.1) is 5.92 Å². The smallest absolute Gasteiger partial charge is 0.119 e. The Labute approximate surface area is 128 Å². The van der Waals surface area contributed by atoms with Crippen molar-refractivity contribution in [3.8, 4) is 5.75 Å². The molecule has 2 fully saturated rings. The van der Waals surface area contributed by atoms with Gasteiger partial charge in [0.05, 0.1) is 6.61 Å². The van der Waals surface area contributed by atoms with E-state index in [0.29, 0.717) is 5.92 Å². The van der Waals surface area contributed by atoms with E-state index in [4.69, 9.17) is 4.74 Å². The molecule has 1 aromatic rings. The zero-order valence-corrected chi connectivity index (χ0v) is 13.0. The van der Waals surface area contributed by atoms with Crippen LogP contribution in [0.2, 0.25) is 0 Å². The van der Waals surface area contributed by atoms with Crippen LogP contribution >= 0.6 is 12.4 Å². The predicted octanol–water partition coefficient (Wildman–Crippen LogP) is 4.14. The third-order valence-electron chi connectivity index (χ3n) is 4.60. The Morgan fingerprint density at radius 3 is 2.40 bits per heavy atom. The van der Waals surface area contributed by atoms with E-state index in [1.807, 2.05) is 0 Å². The molecule has 1 aromatic carbocycles. The molecule has 2 nitrogen and oxygen atoms in total. The van der Waals surface area contributed by atoms with E-state index in [9.17, 15) is 0 Å². The quantitative estimate of drug-likeness (QED) is 0.901. The molecule has 1 saturated carbocycles. The third-order valence-corrected chi connectivity index (χ3v) is 4.60. The summed E-state index contributed by atoms with van der Waals surface area (Å²) in [5.74, 6) is 2.52. The van der Waals surface area contributed by atoms with E-state index in [2.05, 4.69) is 29.6 Å². The van der Waals surface area contributed by atoms with Gasteiger partial charge in [-0.2, -0.15) is 0 Å². The number of nitrogens with one attached hydrogen (secondary N) is 1. The molecule has 1 aliphatic heterocycles. The van der Waals surface area contributed by atoms with Gasteiger partial charge in [0, 0.05) is 12.5 Å². The fourth-order valence-electron chi connectivity index (χ4n) is 3.34. The van der Waals surface area contributed by atoms with Gasteiger partial charge in [0.1, 0.15) is 5.75 Å². The van der Waals surface area contributed by atoms with Crippen LogP contribution in [-0.4, -0.2) is 19.7 Å². The van der Waals surface area contributed by atoms with Gasteiger partial charge in [0.2, 0.25) is 0 Å². The van der Waals surface area contributed by atoms with Crippen LogP contribution in [0.15, 0.2) is 24.3 Å². The molecule has 112 valence electrons. The highest BCUT2D eigenvalue weighted by Gasteiger charge is 2.16. The zero-order chi connectivity index (χ0) is 12.9. The third kappa shape index (κ3) is 4.13. The molecule has 1 N–H and O–H groups in total. The van der Waals surface area contributed by atoms with Crippen molar-refractivity contribution in [2.45, 2.75) is 44.4 Å². The van der Waals surface area contributed by atoms with E-state index in [0.717, 1.165) is 31.4 Å². The number of hydrogen-bond acceptors (Lipinski definition) is 2. The van der Waals surface area contributed by atoms with Crippen molar-refractivity contribution < 1.29 is 4.74 Å². The monoisotopic (exact) mass is 295 g/mol. The summed E-state index contributed by atoms with van der Waals surface area (Å²) < 4.78 is 5.89. The maximum atomic E-state index is 5.89. The maximum Gasteiger partial charge on any atom is 0.119 e. The first kappa shape index (κ1) is 15.7. The average molecular weight is 296 g/mol. The Morgan fingerprint density at radius 2 is 1.75 bits per heavy atom. The first-order valence-corrected chi connectivity index (χ1v) is 7.85. The lowest BCUT2D eigenvalue weighted by Gasteiger charge is -2.22. The Bertz CT molecular complexity index is 380. The van der Waals surface area contributed by atoms with Gasteiger partial charge in [-0.25, -0.2) is 0 Å². The minimum atomic E-state index is 0. The summed E-state index contributed by atoms with van der Waals surface area (Å²) in [6.45, 7) is 3.12. The molecule has 1 unspecified atom stereocenters. The molecule has 3 heteroatoms. The molecule has 0 amide bonds. The molecule has 0 radical (unpaired) electrons. The van der Waals surface area contributed by atoms with Gasteiger partial charge >= 0.3 is 0 Å². The minimum absolute atomic E-state index is 0. The topological polar surface area (TPSA) is 21.3 Å². The normalized spacial score (nSPS) is 23.3. The van der Waals surface area contributed by atoms with E-state index >= 15 is 0 Å². The van der Waals surface area contributed by atoms with Crippen LogP contribution in [-0.2, 0) is 0 Å². The fourth-order valence-corrected chi connectivity index (χ4v) is 3.34. The lowest BCUT2D eigenvalue weighted by Crippen LogP contribution is -2.15. The standard InChI is InChI=1S/C17H25NO.ClH/c1-2-4-15(5-3-1)16-6-8-17(9-7-16)19-13-14-10-11-18-12-14;/h6-9,14-15,18H,1-5,10-13H2;1H. The van der Waals surface area contributed by atoms with Crippen molar-refractivity contribution >= 4 is 12.4 Å². The zero-order valence-electron chi connectivity index (χ0n) is 12.1. The Hall–Kier alpha value is -0.730. The minimum Gasteiger partial charge on any atom is -0.493 e. The maximum absolute atomic E-state index is 5.89. The Morgan fingerprint density at radius 1 is 1.00 bits per heavy atom. The van der Waals surface area contributed by atoms with Gasteiger partial charge < -0.3 is 10.1 Å². The lowest BCUT2D eigenvalue weighted by atomic mass is 9.84. The summed E-state index contributed by atoms with van der Waals surface area (Å²) in [7, 11) is 0. The van der Waals surface area contributed by atoms with Gasteiger partial charge in [-0.3, -0.25) is 0 Å². The van der Waals surface area contributed by atoms with Gasteiger partial charge in [-0.15, -0.1) is 12.4 Å². The van der Waals surface area contributed by atoms with E-state index < -0.39 is 0 Å². The fraction of sp³-hybridized carbons (Fsp3) is 0.647. The van der Waals surface area contributed by atoms with Crippen LogP contribution < -0.4 is 10.1 Å². The van der Waals surface area contributed by atoms with Crippen LogP contribution in [0.5, 0.6) is 5.75 Å². The highest BCUT2D eigenvalue weighted by Crippen LogP contribution is 2.33. The summed E-state index contributed by atoms with van der Waals surface area (Å²) in [5, 5.41) is 3.38. The summed E-state index contributed by atoms with van der Waals surface area (Å²) >= 11 is 0. The van der Waals surface area contributed by atoms with Crippen molar-refractivity contribution in [3.63, 3.8) is 0 Å². The molecule has 0 spiro atoms. The average Bonchev–Trinajstić information content (AvgIpc) is 3.00. The molecular weight excluding hydrogens is 270 g/mol. The molecule has 1 atom stereocenters. The number of hydrogen-bond donors (Lipinski definition) is 1. The highest BCUT2D eigenvalue weighted by atomic mass is 35.5. The second-order valence-electron chi connectivity index (χ2n) is 6.07. The van der Waals surface area contributed by atoms with Crippen molar-refractivity contribution in [1.29, 1.82) is 0 Å². The van der Waals surface area contributed by atoms with Crippen molar-refractivity contribution in [2.24, 2.45) is 5.92 Å². The van der Waals surface area contributed by atoms with Gasteiger partial charge in [0.25, 0.3) is 0 Å². The van der Waals surface area contributed by atoms with Crippen molar-refractivity contribution in [3.05, 3.63) is 29.8 Å². The molecule has 0 bridgehead atoms. The van der Waals surface area contributed by atoms with E-state index in [-0.39, 0.29) is 12.4 Å². The highest BCUT2D eigenvalue weighted by molar-refractivity contribution is 5.85. The number of rotatable bonds is 4. The molecule has 0 aromatic heterocycles. The Balaban J connectivity index is 0.00000147. The van der Waals surface area contributed by atoms with Crippen LogP contribution in [0.4, 0.5) is 0 Å². The molecule has 20 heavy (non-hydrogen) atoms. The first-order valence-electron chi connectivity index (χ1n) is 7.85.